The molecule has 1 saturated carbocycles. The van der Waals surface area contributed by atoms with E-state index in [-0.39, 0.29) is 0 Å². The van der Waals surface area contributed by atoms with Crippen molar-refractivity contribution in [2.75, 3.05) is 39.9 Å². The van der Waals surface area contributed by atoms with E-state index >= 15 is 0 Å². The molecule has 1 aliphatic carbocycles. The van der Waals surface area contributed by atoms with Crippen molar-refractivity contribution < 1.29 is 4.74 Å². The molecule has 15 heavy (non-hydrogen) atoms. The lowest BCUT2D eigenvalue weighted by molar-refractivity contribution is 0.117. The molecule has 0 amide bonds. The van der Waals surface area contributed by atoms with E-state index in [2.05, 4.69) is 24.2 Å². The molecule has 0 saturated heterocycles. The van der Waals surface area contributed by atoms with Crippen LogP contribution in [0.4, 0.5) is 0 Å². The summed E-state index contributed by atoms with van der Waals surface area (Å²) in [7, 11) is 2.17. The summed E-state index contributed by atoms with van der Waals surface area (Å²) in [5, 5.41) is 3.57. The van der Waals surface area contributed by atoms with Gasteiger partial charge in [0.2, 0.25) is 0 Å². The number of nitrogens with one attached hydrogen (secondary N) is 1. The molecule has 0 radical (unpaired) electrons. The van der Waals surface area contributed by atoms with Gasteiger partial charge in [0.25, 0.3) is 0 Å². The Kier molecular flexibility index (Phi) is 6.22. The van der Waals surface area contributed by atoms with Crippen LogP contribution in [0.2, 0.25) is 0 Å². The molecule has 1 aliphatic rings. The maximum Gasteiger partial charge on any atom is 0.0593 e. The lowest BCUT2D eigenvalue weighted by Gasteiger charge is -2.21. The highest BCUT2D eigenvalue weighted by Gasteiger charge is 2.20. The van der Waals surface area contributed by atoms with Gasteiger partial charge < -0.3 is 15.0 Å². The number of nitrogens with zero attached hydrogens (tertiary/aromatic N) is 1. The summed E-state index contributed by atoms with van der Waals surface area (Å²) < 4.78 is 5.34. The summed E-state index contributed by atoms with van der Waals surface area (Å²) in [6, 6.07) is 0.834. The van der Waals surface area contributed by atoms with E-state index in [1.165, 1.54) is 12.8 Å². The fourth-order valence-electron chi connectivity index (χ4n) is 1.71. The molecule has 0 aromatic heterocycles. The molecule has 1 rings (SSSR count). The van der Waals surface area contributed by atoms with Gasteiger partial charge in [-0.15, -0.1) is 0 Å². The summed E-state index contributed by atoms with van der Waals surface area (Å²) in [5.41, 5.74) is 0. The molecule has 3 nitrogen and oxygen atoms in total. The molecule has 0 bridgehead atoms. The molecule has 0 spiro atoms. The van der Waals surface area contributed by atoms with Gasteiger partial charge >= 0.3 is 0 Å². The highest BCUT2D eigenvalue weighted by molar-refractivity contribution is 4.81. The van der Waals surface area contributed by atoms with Crippen LogP contribution in [0.25, 0.3) is 0 Å². The molecule has 0 aromatic carbocycles. The van der Waals surface area contributed by atoms with Crippen molar-refractivity contribution in [2.45, 2.75) is 32.7 Å². The van der Waals surface area contributed by atoms with Crippen LogP contribution < -0.4 is 5.32 Å². The van der Waals surface area contributed by atoms with Crippen molar-refractivity contribution in [1.82, 2.24) is 10.2 Å². The number of rotatable bonds is 9. The number of likely N-dealkylation sites (N-methyl/N-ethyl adjacent to an activating group) is 1. The summed E-state index contributed by atoms with van der Waals surface area (Å²) in [6.45, 7) is 9.40. The summed E-state index contributed by atoms with van der Waals surface area (Å²) in [4.78, 5) is 2.36. The zero-order valence-corrected chi connectivity index (χ0v) is 10.5. The molecule has 0 heterocycles. The average Bonchev–Trinajstić information content (AvgIpc) is 2.98. The first-order valence-electron chi connectivity index (χ1n) is 6.22. The van der Waals surface area contributed by atoms with Gasteiger partial charge in [-0.2, -0.15) is 0 Å². The fraction of sp³-hybridized carbons (Fsp3) is 1.00. The minimum Gasteiger partial charge on any atom is -0.380 e. The van der Waals surface area contributed by atoms with Gasteiger partial charge in [-0.3, -0.25) is 0 Å². The average molecular weight is 214 g/mol. The first-order chi connectivity index (χ1) is 7.22. The third-order valence-corrected chi connectivity index (χ3v) is 2.78. The lowest BCUT2D eigenvalue weighted by Crippen LogP contribution is -2.33. The van der Waals surface area contributed by atoms with Crippen LogP contribution in [0.1, 0.15) is 26.7 Å². The second kappa shape index (κ2) is 7.20. The van der Waals surface area contributed by atoms with E-state index in [9.17, 15) is 0 Å². The third kappa shape index (κ3) is 6.88. The second-order valence-electron chi connectivity index (χ2n) is 4.75. The van der Waals surface area contributed by atoms with Crippen molar-refractivity contribution in [3.05, 3.63) is 0 Å². The third-order valence-electron chi connectivity index (χ3n) is 2.78. The maximum atomic E-state index is 5.34. The Hall–Kier alpha value is -0.120. The molecule has 90 valence electrons. The Labute approximate surface area is 94.2 Å². The Morgan fingerprint density at radius 3 is 2.80 bits per heavy atom. The van der Waals surface area contributed by atoms with Crippen LogP contribution in [0.3, 0.4) is 0 Å². The predicted molar refractivity (Wildman–Crippen MR) is 64.2 cm³/mol. The Morgan fingerprint density at radius 1 is 1.47 bits per heavy atom. The zero-order chi connectivity index (χ0) is 11.1. The van der Waals surface area contributed by atoms with Crippen LogP contribution in [0.15, 0.2) is 0 Å². The molecule has 1 atom stereocenters. The molecule has 3 heteroatoms. The minimum atomic E-state index is 0.734. The Morgan fingerprint density at radius 2 is 2.20 bits per heavy atom. The largest absolute Gasteiger partial charge is 0.380 e. The fourth-order valence-corrected chi connectivity index (χ4v) is 1.71. The molecular formula is C12H26N2O. The monoisotopic (exact) mass is 214 g/mol. The van der Waals surface area contributed by atoms with Gasteiger partial charge in [-0.25, -0.2) is 0 Å². The van der Waals surface area contributed by atoms with Gasteiger partial charge in [0, 0.05) is 25.7 Å². The normalized spacial score (nSPS) is 18.4. The van der Waals surface area contributed by atoms with Gasteiger partial charge in [-0.1, -0.05) is 6.92 Å². The van der Waals surface area contributed by atoms with E-state index in [0.29, 0.717) is 0 Å². The molecule has 1 unspecified atom stereocenters. The van der Waals surface area contributed by atoms with Crippen molar-refractivity contribution in [1.29, 1.82) is 0 Å². The standard InChI is InChI=1S/C12H26N2O/c1-4-15-8-7-14(3)10-11(2)9-13-12-5-6-12/h11-13H,4-10H2,1-3H3. The highest BCUT2D eigenvalue weighted by Crippen LogP contribution is 2.18. The first-order valence-corrected chi connectivity index (χ1v) is 6.22. The van der Waals surface area contributed by atoms with Crippen molar-refractivity contribution in [3.8, 4) is 0 Å². The van der Waals surface area contributed by atoms with Gasteiger partial charge in [0.1, 0.15) is 0 Å². The highest BCUT2D eigenvalue weighted by atomic mass is 16.5. The minimum absolute atomic E-state index is 0.734. The topological polar surface area (TPSA) is 24.5 Å². The first kappa shape index (κ1) is 12.9. The molecule has 0 aliphatic heterocycles. The summed E-state index contributed by atoms with van der Waals surface area (Å²) in [6.07, 6.45) is 2.76. The molecular weight excluding hydrogens is 188 g/mol. The zero-order valence-electron chi connectivity index (χ0n) is 10.5. The van der Waals surface area contributed by atoms with E-state index in [0.717, 1.165) is 44.8 Å². The molecule has 0 aromatic rings. The Balaban J connectivity index is 1.94. The molecule has 1 fully saturated rings. The van der Waals surface area contributed by atoms with Crippen molar-refractivity contribution >= 4 is 0 Å². The summed E-state index contributed by atoms with van der Waals surface area (Å²) >= 11 is 0. The molecule has 1 N–H and O–H groups in total. The number of hydrogen-bond acceptors (Lipinski definition) is 3. The van der Waals surface area contributed by atoms with Gasteiger partial charge in [0.15, 0.2) is 0 Å². The van der Waals surface area contributed by atoms with E-state index in [1.807, 2.05) is 6.92 Å². The van der Waals surface area contributed by atoms with Gasteiger partial charge in [-0.05, 0) is 39.3 Å². The van der Waals surface area contributed by atoms with Crippen molar-refractivity contribution in [3.63, 3.8) is 0 Å². The second-order valence-corrected chi connectivity index (χ2v) is 4.75. The van der Waals surface area contributed by atoms with E-state index < -0.39 is 0 Å². The van der Waals surface area contributed by atoms with Crippen LogP contribution in [0.5, 0.6) is 0 Å². The van der Waals surface area contributed by atoms with Crippen LogP contribution in [-0.4, -0.2) is 50.8 Å². The smallest absolute Gasteiger partial charge is 0.0593 e. The summed E-state index contributed by atoms with van der Waals surface area (Å²) in [5.74, 6) is 0.734. The maximum absolute atomic E-state index is 5.34. The van der Waals surface area contributed by atoms with Gasteiger partial charge in [0.05, 0.1) is 6.61 Å². The van der Waals surface area contributed by atoms with E-state index in [1.54, 1.807) is 0 Å². The number of hydrogen-bond donors (Lipinski definition) is 1. The number of ether oxygens (including phenoxy) is 1. The van der Waals surface area contributed by atoms with E-state index in [4.69, 9.17) is 4.74 Å². The van der Waals surface area contributed by atoms with Crippen LogP contribution in [0, 0.1) is 5.92 Å². The van der Waals surface area contributed by atoms with Crippen molar-refractivity contribution in [2.24, 2.45) is 5.92 Å². The van der Waals surface area contributed by atoms with Crippen LogP contribution >= 0.6 is 0 Å². The quantitative estimate of drug-likeness (QED) is 0.586. The van der Waals surface area contributed by atoms with Crippen LogP contribution in [-0.2, 0) is 4.74 Å². The predicted octanol–water partition coefficient (Wildman–Crippen LogP) is 1.34. The SMILES string of the molecule is CCOCCN(C)CC(C)CNC1CC1. The Bertz CT molecular complexity index is 160. The lowest BCUT2D eigenvalue weighted by atomic mass is 10.1.